The number of likely N-dealkylation sites (tertiary alicyclic amines) is 1. The first-order valence-electron chi connectivity index (χ1n) is 9.05. The van der Waals surface area contributed by atoms with E-state index in [1.54, 1.807) is 6.92 Å². The van der Waals surface area contributed by atoms with Gasteiger partial charge in [0.15, 0.2) is 0 Å². The van der Waals surface area contributed by atoms with Crippen LogP contribution in [0.3, 0.4) is 0 Å². The van der Waals surface area contributed by atoms with Crippen molar-refractivity contribution in [2.45, 2.75) is 64.8 Å². The molecule has 2 heterocycles. The summed E-state index contributed by atoms with van der Waals surface area (Å²) in [5, 5.41) is 13.4. The molecule has 0 spiro atoms. The number of hydrogen-bond donors (Lipinski definition) is 1. The quantitative estimate of drug-likeness (QED) is 0.919. The van der Waals surface area contributed by atoms with Gasteiger partial charge < -0.3 is 10.0 Å². The normalized spacial score (nSPS) is 21.2. The topological polar surface area (TPSA) is 75.4 Å². The number of nitrogens with zero attached hydrogens (tertiary/aromatic N) is 3. The van der Waals surface area contributed by atoms with Gasteiger partial charge in [-0.15, -0.1) is 0 Å². The van der Waals surface area contributed by atoms with Crippen LogP contribution < -0.4 is 0 Å². The predicted molar refractivity (Wildman–Crippen MR) is 90.0 cm³/mol. The van der Waals surface area contributed by atoms with Crippen LogP contribution in [-0.2, 0) is 4.79 Å². The van der Waals surface area contributed by atoms with Crippen molar-refractivity contribution in [3.63, 3.8) is 0 Å². The Hall–Kier alpha value is -1.85. The Morgan fingerprint density at radius 3 is 2.42 bits per heavy atom. The van der Waals surface area contributed by atoms with Gasteiger partial charge in [0.25, 0.3) is 0 Å². The molecule has 2 aliphatic rings. The van der Waals surface area contributed by atoms with Crippen LogP contribution in [0.2, 0.25) is 0 Å². The van der Waals surface area contributed by atoms with Crippen molar-refractivity contribution in [1.82, 2.24) is 14.7 Å². The van der Waals surface area contributed by atoms with Gasteiger partial charge in [-0.2, -0.15) is 5.10 Å². The molecule has 1 N–H and O–H groups in total. The molecule has 0 radical (unpaired) electrons. The molecule has 6 heteroatoms. The number of carboxylic acid groups (broad SMARTS) is 1. The molecular formula is C18H27N3O3. The third-order valence-corrected chi connectivity index (χ3v) is 6.06. The Labute approximate surface area is 142 Å². The number of rotatable bonds is 4. The van der Waals surface area contributed by atoms with Gasteiger partial charge in [-0.1, -0.05) is 19.8 Å². The summed E-state index contributed by atoms with van der Waals surface area (Å²) in [7, 11) is 0. The number of piperidine rings is 1. The molecule has 1 aliphatic carbocycles. The van der Waals surface area contributed by atoms with Crippen LogP contribution >= 0.6 is 0 Å². The molecule has 1 aliphatic heterocycles. The van der Waals surface area contributed by atoms with E-state index in [1.165, 1.54) is 19.0 Å². The van der Waals surface area contributed by atoms with Crippen LogP contribution in [0.25, 0.3) is 0 Å². The summed E-state index contributed by atoms with van der Waals surface area (Å²) >= 11 is 0. The molecule has 1 aromatic heterocycles. The molecule has 1 amide bonds. The third-order valence-electron chi connectivity index (χ3n) is 6.06. The number of carbonyl (C=O) groups is 2. The predicted octanol–water partition coefficient (Wildman–Crippen LogP) is 3.02. The summed E-state index contributed by atoms with van der Waals surface area (Å²) in [6.07, 6.45) is 8.44. The maximum Gasteiger partial charge on any atom is 0.339 e. The molecule has 1 saturated heterocycles. The molecule has 6 nitrogen and oxygen atoms in total. The van der Waals surface area contributed by atoms with Gasteiger partial charge in [-0.3, -0.25) is 9.48 Å². The fourth-order valence-electron chi connectivity index (χ4n) is 4.42. The second-order valence-electron chi connectivity index (χ2n) is 7.26. The standard InChI is InChI=1S/C18H27N3O3/c1-3-18(8-4-5-9-18)17(24)20-10-6-14(7-11-20)21-13(2)15(12-19-21)16(22)23/h12,14H,3-11H2,1-2H3,(H,22,23). The van der Waals surface area contributed by atoms with E-state index in [-0.39, 0.29) is 17.0 Å². The van der Waals surface area contributed by atoms with Crippen LogP contribution in [-0.4, -0.2) is 44.8 Å². The highest BCUT2D eigenvalue weighted by atomic mass is 16.4. The summed E-state index contributed by atoms with van der Waals surface area (Å²) in [5.41, 5.74) is 0.850. The molecule has 1 aromatic rings. The monoisotopic (exact) mass is 333 g/mol. The summed E-state index contributed by atoms with van der Waals surface area (Å²) in [4.78, 5) is 26.2. The lowest BCUT2D eigenvalue weighted by atomic mass is 9.81. The summed E-state index contributed by atoms with van der Waals surface area (Å²) in [5.74, 6) is -0.596. The molecular weight excluding hydrogens is 306 g/mol. The highest BCUT2D eigenvalue weighted by Gasteiger charge is 2.42. The van der Waals surface area contributed by atoms with Gasteiger partial charge in [0.2, 0.25) is 5.91 Å². The van der Waals surface area contributed by atoms with Gasteiger partial charge in [0, 0.05) is 18.5 Å². The molecule has 0 aromatic carbocycles. The molecule has 0 atom stereocenters. The zero-order valence-corrected chi connectivity index (χ0v) is 14.6. The van der Waals surface area contributed by atoms with E-state index in [1.807, 2.05) is 9.58 Å². The van der Waals surface area contributed by atoms with Crippen LogP contribution in [0.5, 0.6) is 0 Å². The van der Waals surface area contributed by atoms with E-state index in [9.17, 15) is 9.59 Å². The van der Waals surface area contributed by atoms with Gasteiger partial charge in [0.1, 0.15) is 5.56 Å². The Kier molecular flexibility index (Phi) is 4.65. The van der Waals surface area contributed by atoms with Crippen LogP contribution in [0.1, 0.15) is 74.0 Å². The Morgan fingerprint density at radius 1 is 1.29 bits per heavy atom. The average Bonchev–Trinajstić information content (AvgIpc) is 3.22. The van der Waals surface area contributed by atoms with E-state index >= 15 is 0 Å². The number of aromatic carboxylic acids is 1. The number of carboxylic acids is 1. The van der Waals surface area contributed by atoms with Crippen molar-refractivity contribution in [2.75, 3.05) is 13.1 Å². The van der Waals surface area contributed by atoms with Crippen molar-refractivity contribution in [3.8, 4) is 0 Å². The highest BCUT2D eigenvalue weighted by Crippen LogP contribution is 2.43. The largest absolute Gasteiger partial charge is 0.478 e. The van der Waals surface area contributed by atoms with E-state index in [0.717, 1.165) is 45.2 Å². The van der Waals surface area contributed by atoms with E-state index in [0.29, 0.717) is 11.6 Å². The van der Waals surface area contributed by atoms with Crippen molar-refractivity contribution >= 4 is 11.9 Å². The highest BCUT2D eigenvalue weighted by molar-refractivity contribution is 5.88. The third kappa shape index (κ3) is 2.82. The number of aromatic nitrogens is 2. The zero-order chi connectivity index (χ0) is 17.3. The first-order valence-corrected chi connectivity index (χ1v) is 9.05. The van der Waals surface area contributed by atoms with E-state index < -0.39 is 5.97 Å². The van der Waals surface area contributed by atoms with Crippen molar-refractivity contribution in [2.24, 2.45) is 5.41 Å². The van der Waals surface area contributed by atoms with E-state index in [2.05, 4.69) is 12.0 Å². The Balaban J connectivity index is 1.66. The molecule has 2 fully saturated rings. The van der Waals surface area contributed by atoms with Gasteiger partial charge in [-0.05, 0) is 39.0 Å². The average molecular weight is 333 g/mol. The van der Waals surface area contributed by atoms with Gasteiger partial charge in [-0.25, -0.2) is 4.79 Å². The minimum atomic E-state index is -0.933. The van der Waals surface area contributed by atoms with E-state index in [4.69, 9.17) is 5.11 Å². The maximum atomic E-state index is 13.0. The van der Waals surface area contributed by atoms with Crippen molar-refractivity contribution in [3.05, 3.63) is 17.5 Å². The molecule has 0 unspecified atom stereocenters. The molecule has 0 bridgehead atoms. The second-order valence-corrected chi connectivity index (χ2v) is 7.26. The van der Waals surface area contributed by atoms with Gasteiger partial charge >= 0.3 is 5.97 Å². The van der Waals surface area contributed by atoms with Crippen molar-refractivity contribution in [1.29, 1.82) is 0 Å². The zero-order valence-electron chi connectivity index (χ0n) is 14.6. The Morgan fingerprint density at radius 2 is 1.92 bits per heavy atom. The van der Waals surface area contributed by atoms with Crippen LogP contribution in [0, 0.1) is 12.3 Å². The summed E-state index contributed by atoms with van der Waals surface area (Å²) in [6, 6.07) is 0.184. The SMILES string of the molecule is CCC1(C(=O)N2CCC(n3ncc(C(=O)O)c3C)CC2)CCCC1. The molecule has 1 saturated carbocycles. The van der Waals surface area contributed by atoms with Crippen LogP contribution in [0.15, 0.2) is 6.20 Å². The molecule has 24 heavy (non-hydrogen) atoms. The van der Waals surface area contributed by atoms with Crippen molar-refractivity contribution < 1.29 is 14.7 Å². The number of carbonyl (C=O) groups excluding carboxylic acids is 1. The minimum absolute atomic E-state index is 0.120. The minimum Gasteiger partial charge on any atom is -0.478 e. The van der Waals surface area contributed by atoms with Gasteiger partial charge in [0.05, 0.1) is 17.9 Å². The molecule has 132 valence electrons. The Bertz CT molecular complexity index is 623. The fraction of sp³-hybridized carbons (Fsp3) is 0.722. The summed E-state index contributed by atoms with van der Waals surface area (Å²) < 4.78 is 1.83. The lowest BCUT2D eigenvalue weighted by Crippen LogP contribution is -2.46. The number of amides is 1. The molecule has 3 rings (SSSR count). The number of hydrogen-bond acceptors (Lipinski definition) is 3. The first kappa shape index (κ1) is 17.0. The lowest BCUT2D eigenvalue weighted by Gasteiger charge is -2.38. The maximum absolute atomic E-state index is 13.0. The fourth-order valence-corrected chi connectivity index (χ4v) is 4.42. The lowest BCUT2D eigenvalue weighted by molar-refractivity contribution is -0.143. The van der Waals surface area contributed by atoms with Crippen LogP contribution in [0.4, 0.5) is 0 Å². The summed E-state index contributed by atoms with van der Waals surface area (Å²) in [6.45, 7) is 5.43. The smallest absolute Gasteiger partial charge is 0.339 e. The first-order chi connectivity index (χ1) is 11.5. The second kappa shape index (κ2) is 6.57.